The lowest BCUT2D eigenvalue weighted by Crippen LogP contribution is -2.33. The average Bonchev–Trinajstić information content (AvgIpc) is 2.79. The average molecular weight is 288 g/mol. The maximum atomic E-state index is 13.2. The van der Waals surface area contributed by atoms with E-state index in [1.165, 1.54) is 6.07 Å². The molecular weight excluding hydrogens is 279 g/mol. The van der Waals surface area contributed by atoms with Crippen LogP contribution in [0.15, 0.2) is 30.6 Å². The minimum absolute atomic E-state index is 0.0456. The second kappa shape index (κ2) is 5.26. The van der Waals surface area contributed by atoms with Gasteiger partial charge in [-0.3, -0.25) is 4.68 Å². The molecule has 0 aliphatic heterocycles. The number of halogens is 4. The SMILES string of the molecule is OB(O)c1cc(Cn2cc(C(F)(F)F)cn2)ccc1F. The summed E-state index contributed by atoms with van der Waals surface area (Å²) in [7, 11) is -1.99. The van der Waals surface area contributed by atoms with Gasteiger partial charge in [0.2, 0.25) is 0 Å². The summed E-state index contributed by atoms with van der Waals surface area (Å²) in [5.74, 6) is -0.805. The van der Waals surface area contributed by atoms with Crippen LogP contribution in [0, 0.1) is 5.82 Å². The number of hydrogen-bond acceptors (Lipinski definition) is 3. The number of rotatable bonds is 3. The second-order valence-corrected chi connectivity index (χ2v) is 4.15. The number of benzene rings is 1. The first-order valence-corrected chi connectivity index (χ1v) is 5.51. The lowest BCUT2D eigenvalue weighted by molar-refractivity contribution is -0.137. The Bertz CT molecular complexity index is 613. The van der Waals surface area contributed by atoms with Crippen LogP contribution in [0.25, 0.3) is 0 Å². The van der Waals surface area contributed by atoms with Crippen molar-refractivity contribution in [2.24, 2.45) is 0 Å². The molecular formula is C11H9BF4N2O2. The molecule has 0 bridgehead atoms. The zero-order valence-corrected chi connectivity index (χ0v) is 9.97. The summed E-state index contributed by atoms with van der Waals surface area (Å²) in [5.41, 5.74) is -0.834. The summed E-state index contributed by atoms with van der Waals surface area (Å²) in [4.78, 5) is 0. The third kappa shape index (κ3) is 3.17. The van der Waals surface area contributed by atoms with Gasteiger partial charge in [0.25, 0.3) is 0 Å². The third-order valence-corrected chi connectivity index (χ3v) is 2.64. The maximum absolute atomic E-state index is 13.2. The number of alkyl halides is 3. The van der Waals surface area contributed by atoms with Gasteiger partial charge in [0.05, 0.1) is 18.3 Å². The van der Waals surface area contributed by atoms with E-state index in [1.807, 2.05) is 0 Å². The van der Waals surface area contributed by atoms with Gasteiger partial charge in [0, 0.05) is 11.7 Å². The first-order chi connectivity index (χ1) is 9.27. The van der Waals surface area contributed by atoms with Crippen LogP contribution in [-0.2, 0) is 12.7 Å². The van der Waals surface area contributed by atoms with E-state index in [4.69, 9.17) is 10.0 Å². The predicted molar refractivity (Wildman–Crippen MR) is 62.6 cm³/mol. The van der Waals surface area contributed by atoms with Crippen molar-refractivity contribution in [1.29, 1.82) is 0 Å². The molecule has 2 rings (SSSR count). The largest absolute Gasteiger partial charge is 0.491 e. The molecule has 4 nitrogen and oxygen atoms in total. The standard InChI is InChI=1S/C11H9BF4N2O2/c13-10-2-1-7(3-9(10)12(19)20)5-18-6-8(4-17-18)11(14,15)16/h1-4,6,19-20H,5H2. The summed E-state index contributed by atoms with van der Waals surface area (Å²) >= 11 is 0. The molecule has 2 aromatic rings. The van der Waals surface area contributed by atoms with Crippen molar-refractivity contribution >= 4 is 12.6 Å². The quantitative estimate of drug-likeness (QED) is 0.648. The summed E-state index contributed by atoms with van der Waals surface area (Å²) in [6, 6.07) is 3.50. The highest BCUT2D eigenvalue weighted by Crippen LogP contribution is 2.28. The van der Waals surface area contributed by atoms with Gasteiger partial charge in [-0.2, -0.15) is 18.3 Å². The fourth-order valence-electron chi connectivity index (χ4n) is 1.67. The Labute approximate surface area is 111 Å². The van der Waals surface area contributed by atoms with E-state index in [0.717, 1.165) is 23.0 Å². The van der Waals surface area contributed by atoms with Gasteiger partial charge >= 0.3 is 13.3 Å². The molecule has 2 N–H and O–H groups in total. The minimum Gasteiger partial charge on any atom is -0.423 e. The van der Waals surface area contributed by atoms with Gasteiger partial charge in [-0.05, 0) is 11.6 Å². The minimum atomic E-state index is -4.48. The summed E-state index contributed by atoms with van der Waals surface area (Å²) in [6.45, 7) is -0.0456. The van der Waals surface area contributed by atoms with Crippen LogP contribution < -0.4 is 5.46 Å². The fourth-order valence-corrected chi connectivity index (χ4v) is 1.67. The Morgan fingerprint density at radius 2 is 1.95 bits per heavy atom. The molecule has 0 spiro atoms. The van der Waals surface area contributed by atoms with E-state index >= 15 is 0 Å². The molecule has 0 amide bonds. The Balaban J connectivity index is 2.22. The van der Waals surface area contributed by atoms with Crippen molar-refractivity contribution in [3.8, 4) is 0 Å². The summed E-state index contributed by atoms with van der Waals surface area (Å²) < 4.78 is 51.4. The smallest absolute Gasteiger partial charge is 0.423 e. The molecule has 0 unspecified atom stereocenters. The van der Waals surface area contributed by atoms with Gasteiger partial charge < -0.3 is 10.0 Å². The molecule has 0 fully saturated rings. The van der Waals surface area contributed by atoms with E-state index in [-0.39, 0.29) is 12.0 Å². The van der Waals surface area contributed by atoms with Crippen molar-refractivity contribution < 1.29 is 27.6 Å². The molecule has 1 aromatic heterocycles. The van der Waals surface area contributed by atoms with E-state index in [0.29, 0.717) is 11.8 Å². The van der Waals surface area contributed by atoms with Crippen molar-refractivity contribution in [3.05, 3.63) is 47.5 Å². The van der Waals surface area contributed by atoms with Crippen LogP contribution in [0.2, 0.25) is 0 Å². The van der Waals surface area contributed by atoms with E-state index in [1.54, 1.807) is 0 Å². The van der Waals surface area contributed by atoms with Crippen molar-refractivity contribution in [3.63, 3.8) is 0 Å². The second-order valence-electron chi connectivity index (χ2n) is 4.15. The van der Waals surface area contributed by atoms with E-state index in [9.17, 15) is 17.6 Å². The molecule has 9 heteroatoms. The molecule has 0 aliphatic carbocycles. The topological polar surface area (TPSA) is 58.3 Å². The monoisotopic (exact) mass is 288 g/mol. The molecule has 0 saturated carbocycles. The van der Waals surface area contributed by atoms with Crippen LogP contribution in [0.1, 0.15) is 11.1 Å². The first-order valence-electron chi connectivity index (χ1n) is 5.51. The van der Waals surface area contributed by atoms with Crippen LogP contribution in [0.3, 0.4) is 0 Å². The normalized spacial score (nSPS) is 11.7. The highest BCUT2D eigenvalue weighted by atomic mass is 19.4. The Morgan fingerprint density at radius 3 is 2.50 bits per heavy atom. The highest BCUT2D eigenvalue weighted by molar-refractivity contribution is 6.58. The lowest BCUT2D eigenvalue weighted by Gasteiger charge is -2.06. The van der Waals surface area contributed by atoms with Gasteiger partial charge in [0.15, 0.2) is 0 Å². The molecule has 1 heterocycles. The fraction of sp³-hybridized carbons (Fsp3) is 0.182. The van der Waals surface area contributed by atoms with E-state index < -0.39 is 24.7 Å². The summed E-state index contributed by atoms with van der Waals surface area (Å²) in [6.07, 6.45) is -2.97. The molecule has 0 aliphatic rings. The molecule has 20 heavy (non-hydrogen) atoms. The molecule has 0 atom stereocenters. The zero-order chi connectivity index (χ0) is 14.9. The number of hydrogen-bond donors (Lipinski definition) is 2. The van der Waals surface area contributed by atoms with Gasteiger partial charge in [-0.15, -0.1) is 0 Å². The van der Waals surface area contributed by atoms with Crippen LogP contribution >= 0.6 is 0 Å². The van der Waals surface area contributed by atoms with Crippen LogP contribution in [0.4, 0.5) is 17.6 Å². The van der Waals surface area contributed by atoms with Crippen molar-refractivity contribution in [1.82, 2.24) is 9.78 Å². The van der Waals surface area contributed by atoms with Crippen molar-refractivity contribution in [2.45, 2.75) is 12.7 Å². The van der Waals surface area contributed by atoms with Crippen molar-refractivity contribution in [2.75, 3.05) is 0 Å². The van der Waals surface area contributed by atoms with E-state index in [2.05, 4.69) is 5.10 Å². The van der Waals surface area contributed by atoms with Crippen LogP contribution in [-0.4, -0.2) is 26.9 Å². The Morgan fingerprint density at radius 1 is 1.25 bits per heavy atom. The Kier molecular flexibility index (Phi) is 3.82. The first kappa shape index (κ1) is 14.5. The summed E-state index contributed by atoms with van der Waals surface area (Å²) in [5, 5.41) is 21.5. The molecule has 0 saturated heterocycles. The van der Waals surface area contributed by atoms with Gasteiger partial charge in [0.1, 0.15) is 5.82 Å². The molecule has 106 valence electrons. The number of nitrogens with zero attached hydrogens (tertiary/aromatic N) is 2. The molecule has 1 aromatic carbocycles. The Hall–Kier alpha value is -1.87. The zero-order valence-electron chi connectivity index (χ0n) is 9.97. The highest BCUT2D eigenvalue weighted by Gasteiger charge is 2.32. The van der Waals surface area contributed by atoms with Crippen LogP contribution in [0.5, 0.6) is 0 Å². The van der Waals surface area contributed by atoms with Gasteiger partial charge in [-0.1, -0.05) is 12.1 Å². The van der Waals surface area contributed by atoms with Gasteiger partial charge in [-0.25, -0.2) is 4.39 Å². The third-order valence-electron chi connectivity index (χ3n) is 2.64. The predicted octanol–water partition coefficient (Wildman–Crippen LogP) is 0.769. The molecule has 0 radical (unpaired) electrons. The lowest BCUT2D eigenvalue weighted by atomic mass is 9.79. The number of aromatic nitrogens is 2. The maximum Gasteiger partial charge on any atom is 0.491 e.